The van der Waals surface area contributed by atoms with Crippen molar-refractivity contribution in [1.82, 2.24) is 28.1 Å². The van der Waals surface area contributed by atoms with E-state index < -0.39 is 48.7 Å². The first kappa shape index (κ1) is 44.0. The second-order valence-corrected chi connectivity index (χ2v) is 21.6. The van der Waals surface area contributed by atoms with Crippen molar-refractivity contribution in [1.29, 1.82) is 0 Å². The maximum absolute atomic E-state index is 15.1. The minimum absolute atomic E-state index is 0.0676. The molecule has 1 fully saturated rings. The Labute approximate surface area is 360 Å². The molecule has 61 heavy (non-hydrogen) atoms. The van der Waals surface area contributed by atoms with E-state index >= 15 is 8.42 Å². The van der Waals surface area contributed by atoms with Gasteiger partial charge in [-0.1, -0.05) is 39.5 Å². The largest absolute Gasteiger partial charge is 0.425 e. The molecule has 1 aliphatic rings. The second kappa shape index (κ2) is 19.3. The van der Waals surface area contributed by atoms with Crippen LogP contribution in [0.4, 0.5) is 0 Å². The molecule has 1 saturated carbocycles. The lowest BCUT2D eigenvalue weighted by molar-refractivity contribution is 0.135. The third kappa shape index (κ3) is 10.5. The summed E-state index contributed by atoms with van der Waals surface area (Å²) in [5, 5.41) is 0. The Hall–Kier alpha value is -5.08. The van der Waals surface area contributed by atoms with E-state index in [0.29, 0.717) is 48.7 Å². The summed E-state index contributed by atoms with van der Waals surface area (Å²) in [5.74, 6) is 0.966. The molecule has 1 aliphatic carbocycles. The van der Waals surface area contributed by atoms with Crippen LogP contribution in [0.2, 0.25) is 0 Å². The highest BCUT2D eigenvalue weighted by Crippen LogP contribution is 2.56. The molecular formula is C43H46N6O8P2S2. The SMILES string of the molecule is Cc1ccc(S(=O)(=O)N(C2CCC(C(C)(C)N(P(Oc3cccnc3)Oc3cccnc3)S(=O)(=O)c3ccc(C)cc3)CC2)P(Oc2cccnc2)Oc2cccnc2)cc1. The van der Waals surface area contributed by atoms with Crippen molar-refractivity contribution in [3.8, 4) is 23.0 Å². The molecule has 14 nitrogen and oxygen atoms in total. The van der Waals surface area contributed by atoms with Gasteiger partial charge in [-0.2, -0.15) is 0 Å². The van der Waals surface area contributed by atoms with E-state index in [1.54, 1.807) is 122 Å². The van der Waals surface area contributed by atoms with Crippen molar-refractivity contribution in [3.63, 3.8) is 0 Å². The number of nitrogens with zero attached hydrogens (tertiary/aromatic N) is 6. The van der Waals surface area contributed by atoms with Gasteiger partial charge in [-0.25, -0.2) is 16.8 Å². The van der Waals surface area contributed by atoms with Gasteiger partial charge in [0.1, 0.15) is 23.0 Å². The van der Waals surface area contributed by atoms with Crippen molar-refractivity contribution in [2.75, 3.05) is 0 Å². The summed E-state index contributed by atoms with van der Waals surface area (Å²) in [7, 11) is -13.4. The summed E-state index contributed by atoms with van der Waals surface area (Å²) in [5.41, 5.74) is 0.641. The third-order valence-corrected chi connectivity index (χ3v) is 18.7. The fourth-order valence-electron chi connectivity index (χ4n) is 6.97. The van der Waals surface area contributed by atoms with E-state index in [2.05, 4.69) is 19.9 Å². The van der Waals surface area contributed by atoms with Gasteiger partial charge in [-0.15, -0.1) is 4.08 Å². The molecule has 0 atom stereocenters. The van der Waals surface area contributed by atoms with Crippen LogP contribution in [0.25, 0.3) is 0 Å². The number of aromatic nitrogens is 4. The van der Waals surface area contributed by atoms with Gasteiger partial charge in [-0.05, 0) is 132 Å². The lowest BCUT2D eigenvalue weighted by Gasteiger charge is -2.47. The lowest BCUT2D eigenvalue weighted by Crippen LogP contribution is -2.52. The summed E-state index contributed by atoms with van der Waals surface area (Å²) in [6.07, 6.45) is 13.9. The predicted molar refractivity (Wildman–Crippen MR) is 234 cm³/mol. The molecule has 0 bridgehead atoms. The summed E-state index contributed by atoms with van der Waals surface area (Å²) in [4.78, 5) is 16.9. The number of hydrogen-bond donors (Lipinski definition) is 0. The first-order chi connectivity index (χ1) is 29.3. The normalized spacial score (nSPS) is 16.1. The molecule has 4 heterocycles. The Balaban J connectivity index is 1.27. The van der Waals surface area contributed by atoms with E-state index in [9.17, 15) is 8.42 Å². The highest BCUT2D eigenvalue weighted by Gasteiger charge is 2.53. The molecule has 0 spiro atoms. The summed E-state index contributed by atoms with van der Waals surface area (Å²) in [6.45, 7) is 7.50. The fraction of sp³-hybridized carbons (Fsp3) is 0.256. The predicted octanol–water partition coefficient (Wildman–Crippen LogP) is 9.67. The fourth-order valence-corrected chi connectivity index (χ4v) is 14.7. The number of benzene rings is 2. The monoisotopic (exact) mass is 900 g/mol. The topological polar surface area (TPSA) is 163 Å². The van der Waals surface area contributed by atoms with Crippen LogP contribution >= 0.6 is 17.1 Å². The van der Waals surface area contributed by atoms with Crippen molar-refractivity contribution >= 4 is 37.1 Å². The summed E-state index contributed by atoms with van der Waals surface area (Å²) < 4.78 is 88.5. The Bertz CT molecular complexity index is 2460. The summed E-state index contributed by atoms with van der Waals surface area (Å²) in [6, 6.07) is 26.2. The van der Waals surface area contributed by atoms with Gasteiger partial charge in [0.25, 0.3) is 20.0 Å². The van der Waals surface area contributed by atoms with Gasteiger partial charge in [0, 0.05) is 36.4 Å². The van der Waals surface area contributed by atoms with Gasteiger partial charge in [0.2, 0.25) is 0 Å². The molecule has 0 amide bonds. The number of rotatable bonds is 17. The van der Waals surface area contributed by atoms with Gasteiger partial charge >= 0.3 is 17.1 Å². The lowest BCUT2D eigenvalue weighted by atomic mass is 9.76. The zero-order valence-corrected chi connectivity index (χ0v) is 37.4. The van der Waals surface area contributed by atoms with E-state index in [-0.39, 0.29) is 15.7 Å². The minimum Gasteiger partial charge on any atom is -0.425 e. The number of aryl methyl sites for hydroxylation is 2. The van der Waals surface area contributed by atoms with Crippen LogP contribution in [-0.2, 0) is 20.0 Å². The first-order valence-corrected chi connectivity index (χ1v) is 24.6. The average molecular weight is 901 g/mol. The van der Waals surface area contributed by atoms with E-state index in [1.165, 1.54) is 32.9 Å². The van der Waals surface area contributed by atoms with Crippen LogP contribution in [0.5, 0.6) is 23.0 Å². The van der Waals surface area contributed by atoms with Gasteiger partial charge < -0.3 is 18.1 Å². The number of pyridine rings is 4. The molecule has 2 aromatic carbocycles. The van der Waals surface area contributed by atoms with Crippen LogP contribution in [0.1, 0.15) is 50.7 Å². The zero-order chi connectivity index (χ0) is 43.0. The molecule has 0 unspecified atom stereocenters. The maximum Gasteiger partial charge on any atom is 0.400 e. The molecule has 318 valence electrons. The summed E-state index contributed by atoms with van der Waals surface area (Å²) >= 11 is 0. The molecule has 0 aliphatic heterocycles. The average Bonchev–Trinajstić information content (AvgIpc) is 3.25. The molecule has 0 saturated heterocycles. The quantitative estimate of drug-likeness (QED) is 0.0798. The van der Waals surface area contributed by atoms with Crippen molar-refractivity contribution < 1.29 is 34.9 Å². The smallest absolute Gasteiger partial charge is 0.400 e. The van der Waals surface area contributed by atoms with Crippen LogP contribution < -0.4 is 18.1 Å². The molecule has 0 N–H and O–H groups in total. The molecule has 4 aromatic heterocycles. The Morgan fingerprint density at radius 3 is 1.25 bits per heavy atom. The van der Waals surface area contributed by atoms with E-state index in [4.69, 9.17) is 18.1 Å². The number of sulfonamides is 2. The zero-order valence-electron chi connectivity index (χ0n) is 34.0. The molecule has 7 rings (SSSR count). The van der Waals surface area contributed by atoms with Crippen molar-refractivity contribution in [3.05, 3.63) is 158 Å². The highest BCUT2D eigenvalue weighted by atomic mass is 32.2. The molecule has 18 heteroatoms. The van der Waals surface area contributed by atoms with Gasteiger partial charge in [-0.3, -0.25) is 19.9 Å². The third-order valence-electron chi connectivity index (χ3n) is 10.2. The van der Waals surface area contributed by atoms with Crippen LogP contribution in [-0.4, -0.2) is 56.5 Å². The van der Waals surface area contributed by atoms with E-state index in [1.807, 2.05) is 27.7 Å². The second-order valence-electron chi connectivity index (χ2n) is 14.9. The van der Waals surface area contributed by atoms with Crippen molar-refractivity contribution in [2.24, 2.45) is 5.92 Å². The van der Waals surface area contributed by atoms with Crippen molar-refractivity contribution in [2.45, 2.75) is 74.7 Å². The van der Waals surface area contributed by atoms with E-state index in [0.717, 1.165) is 11.1 Å². The molecule has 6 aromatic rings. The maximum atomic E-state index is 15.1. The van der Waals surface area contributed by atoms with Crippen LogP contribution in [0, 0.1) is 19.8 Å². The highest BCUT2D eigenvalue weighted by molar-refractivity contribution is 7.94. The Kier molecular flexibility index (Phi) is 13.9. The van der Waals surface area contributed by atoms with Gasteiger partial charge in [0.05, 0.1) is 34.6 Å². The van der Waals surface area contributed by atoms with Crippen LogP contribution in [0.3, 0.4) is 0 Å². The number of hydrogen-bond acceptors (Lipinski definition) is 12. The van der Waals surface area contributed by atoms with Crippen LogP contribution in [0.15, 0.2) is 156 Å². The Morgan fingerprint density at radius 1 is 0.525 bits per heavy atom. The molecular weight excluding hydrogens is 855 g/mol. The standard InChI is InChI=1S/C43H46N6O8P2S2/c1-33-13-21-41(22-14-33)60(50,51)48(58(54-37-9-5-25-44-29-37)55-38-10-6-26-45-30-38)36-19-17-35(18-20-36)43(3,4)49(61(52,53)42-23-15-34(2)16-24-42)59(56-39-11-7-27-46-31-39)57-40-12-8-28-47-32-40/h5-16,21-32,35-36H,17-20H2,1-4H3. The Morgan fingerprint density at radius 2 is 0.885 bits per heavy atom. The molecule has 0 radical (unpaired) electrons. The minimum atomic E-state index is -4.32. The van der Waals surface area contributed by atoms with Gasteiger partial charge in [0.15, 0.2) is 0 Å². The first-order valence-electron chi connectivity index (χ1n) is 19.5.